The van der Waals surface area contributed by atoms with Crippen LogP contribution in [0.4, 0.5) is 5.69 Å². The van der Waals surface area contributed by atoms with E-state index in [1.54, 1.807) is 0 Å². The third kappa shape index (κ3) is 2.08. The molecule has 3 nitrogen and oxygen atoms in total. The summed E-state index contributed by atoms with van der Waals surface area (Å²) in [4.78, 5) is 9.88. The van der Waals surface area contributed by atoms with Gasteiger partial charge in [-0.05, 0) is 44.6 Å². The van der Waals surface area contributed by atoms with Crippen molar-refractivity contribution in [3.8, 4) is 0 Å². The molecule has 0 aromatic heterocycles. The van der Waals surface area contributed by atoms with Crippen LogP contribution in [-0.4, -0.2) is 4.92 Å². The van der Waals surface area contributed by atoms with Crippen LogP contribution in [0.15, 0.2) is 16.6 Å². The van der Waals surface area contributed by atoms with E-state index in [0.717, 1.165) is 8.04 Å². The highest BCUT2D eigenvalue weighted by Gasteiger charge is 2.14. The predicted molar refractivity (Wildman–Crippen MR) is 58.5 cm³/mol. The van der Waals surface area contributed by atoms with Crippen LogP contribution in [0.25, 0.3) is 0 Å². The Morgan fingerprint density at radius 1 is 1.58 bits per heavy atom. The Morgan fingerprint density at radius 3 is 2.67 bits per heavy atom. The summed E-state index contributed by atoms with van der Waals surface area (Å²) >= 11 is 10.8. The van der Waals surface area contributed by atoms with Crippen LogP contribution >= 0.6 is 50.1 Å². The molecule has 12 heavy (non-hydrogen) atoms. The Kier molecular flexibility index (Phi) is 3.30. The molecule has 1 aromatic rings. The molecule has 0 bridgehead atoms. The number of nitro benzene ring substituents is 1. The molecule has 1 rings (SSSR count). The molecular weight excluding hydrogens is 360 g/mol. The fourth-order valence-electron chi connectivity index (χ4n) is 0.652. The van der Waals surface area contributed by atoms with E-state index in [-0.39, 0.29) is 10.7 Å². The van der Waals surface area contributed by atoms with Crippen molar-refractivity contribution in [1.29, 1.82) is 0 Å². The van der Waals surface area contributed by atoms with Gasteiger partial charge in [0.25, 0.3) is 5.69 Å². The smallest absolute Gasteiger partial charge is 0.258 e. The van der Waals surface area contributed by atoms with E-state index < -0.39 is 4.92 Å². The summed E-state index contributed by atoms with van der Waals surface area (Å²) in [7, 11) is 0. The van der Waals surface area contributed by atoms with Crippen molar-refractivity contribution < 1.29 is 4.92 Å². The van der Waals surface area contributed by atoms with Crippen LogP contribution in [0, 0.1) is 13.7 Å². The number of halogens is 3. The molecule has 6 heteroatoms. The fraction of sp³-hybridized carbons (Fsp3) is 0. The van der Waals surface area contributed by atoms with Crippen molar-refractivity contribution in [2.24, 2.45) is 0 Å². The van der Waals surface area contributed by atoms with Gasteiger partial charge in [-0.3, -0.25) is 10.1 Å². The highest BCUT2D eigenvalue weighted by Crippen LogP contribution is 2.31. The maximum atomic E-state index is 10.4. The lowest BCUT2D eigenvalue weighted by molar-refractivity contribution is -0.384. The highest BCUT2D eigenvalue weighted by atomic mass is 127. The third-order valence-corrected chi connectivity index (χ3v) is 3.78. The monoisotopic (exact) mass is 361 g/mol. The number of hydrogen-bond acceptors (Lipinski definition) is 2. The summed E-state index contributed by atoms with van der Waals surface area (Å²) in [5.41, 5.74) is -0.0655. The molecule has 0 aliphatic rings. The van der Waals surface area contributed by atoms with Crippen LogP contribution in [0.2, 0.25) is 5.02 Å². The Bertz CT molecular complexity index is 345. The van der Waals surface area contributed by atoms with E-state index in [2.05, 4.69) is 15.9 Å². The molecule has 0 spiro atoms. The molecule has 0 atom stereocenters. The Morgan fingerprint density at radius 2 is 2.17 bits per heavy atom. The van der Waals surface area contributed by atoms with Crippen molar-refractivity contribution in [3.63, 3.8) is 0 Å². The molecule has 0 N–H and O–H groups in total. The summed E-state index contributed by atoms with van der Waals surface area (Å²) in [5, 5.41) is 10.5. The minimum atomic E-state index is -0.503. The molecule has 0 saturated heterocycles. The minimum Gasteiger partial charge on any atom is -0.258 e. The van der Waals surface area contributed by atoms with Crippen molar-refractivity contribution in [2.75, 3.05) is 0 Å². The lowest BCUT2D eigenvalue weighted by atomic mass is 10.3. The predicted octanol–water partition coefficient (Wildman–Crippen LogP) is 3.62. The van der Waals surface area contributed by atoms with Gasteiger partial charge in [0, 0.05) is 14.1 Å². The molecule has 0 aliphatic heterocycles. The van der Waals surface area contributed by atoms with Gasteiger partial charge in [0.1, 0.15) is 5.02 Å². The second kappa shape index (κ2) is 3.89. The number of nitro groups is 1. The second-order valence-corrected chi connectivity index (χ2v) is 4.40. The minimum absolute atomic E-state index is 0.0655. The lowest BCUT2D eigenvalue weighted by Crippen LogP contribution is -1.90. The van der Waals surface area contributed by atoms with Gasteiger partial charge in [-0.25, -0.2) is 0 Å². The molecule has 0 fully saturated rings. The summed E-state index contributed by atoms with van der Waals surface area (Å²) in [5.74, 6) is 0. The summed E-state index contributed by atoms with van der Waals surface area (Å²) in [6.07, 6.45) is 0. The van der Waals surface area contributed by atoms with Crippen molar-refractivity contribution in [2.45, 2.75) is 0 Å². The van der Waals surface area contributed by atoms with Crippen molar-refractivity contribution >= 4 is 55.8 Å². The van der Waals surface area contributed by atoms with Gasteiger partial charge in [-0.2, -0.15) is 0 Å². The van der Waals surface area contributed by atoms with Gasteiger partial charge >= 0.3 is 0 Å². The third-order valence-electron chi connectivity index (χ3n) is 1.19. The topological polar surface area (TPSA) is 43.1 Å². The largest absolute Gasteiger partial charge is 0.289 e. The van der Waals surface area contributed by atoms with Crippen LogP contribution in [0.3, 0.4) is 0 Å². The standard InChI is InChI=1S/C6H2BrClINO2/c7-3-1-4(8)6(10(11)12)2-5(3)9/h1-2H. The maximum absolute atomic E-state index is 10.4. The van der Waals surface area contributed by atoms with E-state index in [1.807, 2.05) is 22.6 Å². The van der Waals surface area contributed by atoms with Crippen LogP contribution in [0.5, 0.6) is 0 Å². The molecule has 0 heterocycles. The molecule has 64 valence electrons. The number of hydrogen-bond donors (Lipinski definition) is 0. The zero-order valence-corrected chi connectivity index (χ0v) is 10.1. The van der Waals surface area contributed by atoms with Crippen molar-refractivity contribution in [3.05, 3.63) is 35.3 Å². The van der Waals surface area contributed by atoms with E-state index in [1.165, 1.54) is 12.1 Å². The summed E-state index contributed by atoms with van der Waals surface area (Å²) in [6.45, 7) is 0. The molecule has 1 aromatic carbocycles. The maximum Gasteiger partial charge on any atom is 0.289 e. The Balaban J connectivity index is 3.33. The summed E-state index contributed by atoms with van der Waals surface area (Å²) in [6, 6.07) is 2.94. The number of benzene rings is 1. The van der Waals surface area contributed by atoms with Gasteiger partial charge in [0.05, 0.1) is 4.92 Å². The molecule has 0 amide bonds. The first-order valence-corrected chi connectivity index (χ1v) is 5.06. The van der Waals surface area contributed by atoms with Gasteiger partial charge in [0.2, 0.25) is 0 Å². The zero-order chi connectivity index (χ0) is 9.30. The molecule has 0 aliphatic carbocycles. The molecule has 0 saturated carbocycles. The van der Waals surface area contributed by atoms with Gasteiger partial charge in [-0.15, -0.1) is 0 Å². The fourth-order valence-corrected chi connectivity index (χ4v) is 1.81. The first kappa shape index (κ1) is 10.2. The van der Waals surface area contributed by atoms with E-state index in [9.17, 15) is 10.1 Å². The Labute approximate surface area is 95.5 Å². The molecular formula is C6H2BrClINO2. The van der Waals surface area contributed by atoms with Gasteiger partial charge < -0.3 is 0 Å². The highest BCUT2D eigenvalue weighted by molar-refractivity contribution is 14.1. The van der Waals surface area contributed by atoms with Crippen LogP contribution < -0.4 is 0 Å². The average molecular weight is 362 g/mol. The summed E-state index contributed by atoms with van der Waals surface area (Å²) < 4.78 is 1.53. The second-order valence-electron chi connectivity index (χ2n) is 1.97. The number of rotatable bonds is 1. The quantitative estimate of drug-likeness (QED) is 0.331. The van der Waals surface area contributed by atoms with Gasteiger partial charge in [0.15, 0.2) is 0 Å². The van der Waals surface area contributed by atoms with E-state index in [4.69, 9.17) is 11.6 Å². The zero-order valence-electron chi connectivity index (χ0n) is 5.55. The lowest BCUT2D eigenvalue weighted by Gasteiger charge is -1.98. The van der Waals surface area contributed by atoms with Crippen LogP contribution in [0.1, 0.15) is 0 Å². The van der Waals surface area contributed by atoms with Gasteiger partial charge in [-0.1, -0.05) is 11.6 Å². The van der Waals surface area contributed by atoms with E-state index >= 15 is 0 Å². The van der Waals surface area contributed by atoms with E-state index in [0.29, 0.717) is 0 Å². The Hall–Kier alpha value is 0.120. The van der Waals surface area contributed by atoms with Crippen molar-refractivity contribution in [1.82, 2.24) is 0 Å². The van der Waals surface area contributed by atoms with Crippen LogP contribution in [-0.2, 0) is 0 Å². The SMILES string of the molecule is O=[N+]([O-])c1cc(I)c(Br)cc1Cl. The average Bonchev–Trinajstić information content (AvgIpc) is 1.96. The molecule has 0 unspecified atom stereocenters. The number of nitrogens with zero attached hydrogens (tertiary/aromatic N) is 1. The first-order chi connectivity index (χ1) is 5.52. The first-order valence-electron chi connectivity index (χ1n) is 2.81. The normalized spacial score (nSPS) is 9.92. The molecule has 0 radical (unpaired) electrons.